The summed E-state index contributed by atoms with van der Waals surface area (Å²) in [4.78, 5) is 36.1. The molecule has 3 heterocycles. The summed E-state index contributed by atoms with van der Waals surface area (Å²) < 4.78 is 14.6. The fourth-order valence-corrected chi connectivity index (χ4v) is 4.47. The lowest BCUT2D eigenvalue weighted by Crippen LogP contribution is -2.44. The van der Waals surface area contributed by atoms with Crippen molar-refractivity contribution in [2.75, 3.05) is 31.1 Å². The Kier molecular flexibility index (Phi) is 4.08. The van der Waals surface area contributed by atoms with Crippen molar-refractivity contribution in [3.05, 3.63) is 17.8 Å². The number of halogens is 1. The summed E-state index contributed by atoms with van der Waals surface area (Å²) in [6.07, 6.45) is 4.64. The number of carbonyl (C=O) groups excluding carboxylic acids is 1. The van der Waals surface area contributed by atoms with Gasteiger partial charge in [0, 0.05) is 38.0 Å². The molecule has 140 valence electrons. The van der Waals surface area contributed by atoms with Gasteiger partial charge in [0.1, 0.15) is 11.7 Å². The zero-order chi connectivity index (χ0) is 18.5. The molecule has 1 N–H and O–H groups in total. The van der Waals surface area contributed by atoms with Gasteiger partial charge in [0.05, 0.1) is 5.69 Å². The first-order valence-electron chi connectivity index (χ1n) is 9.22. The minimum Gasteiger partial charge on any atom is -0.481 e. The number of likely N-dealkylation sites (tertiary alicyclic amines) is 1. The predicted octanol–water partition coefficient (Wildman–Crippen LogP) is 1.33. The maximum atomic E-state index is 14.6. The van der Waals surface area contributed by atoms with Gasteiger partial charge in [-0.2, -0.15) is 0 Å². The summed E-state index contributed by atoms with van der Waals surface area (Å²) in [5.41, 5.74) is -0.721. The van der Waals surface area contributed by atoms with Gasteiger partial charge in [0.2, 0.25) is 5.91 Å². The van der Waals surface area contributed by atoms with Crippen LogP contribution in [-0.2, 0) is 16.0 Å². The molecule has 3 fully saturated rings. The monoisotopic (exact) mass is 362 g/mol. The summed E-state index contributed by atoms with van der Waals surface area (Å²) >= 11 is 0. The molecule has 8 heteroatoms. The third kappa shape index (κ3) is 2.46. The molecule has 3 aliphatic rings. The topological polar surface area (TPSA) is 86.6 Å². The van der Waals surface area contributed by atoms with Crippen molar-refractivity contribution < 1.29 is 19.1 Å². The molecule has 0 bridgehead atoms. The highest BCUT2D eigenvalue weighted by Crippen LogP contribution is 2.45. The van der Waals surface area contributed by atoms with Crippen LogP contribution in [0.1, 0.15) is 31.9 Å². The lowest BCUT2D eigenvalue weighted by molar-refractivity contribution is -0.149. The van der Waals surface area contributed by atoms with Crippen LogP contribution in [0, 0.1) is 23.1 Å². The first kappa shape index (κ1) is 17.2. The average molecular weight is 362 g/mol. The molecule has 0 unspecified atom stereocenters. The molecule has 2 atom stereocenters. The Balaban J connectivity index is 1.57. The lowest BCUT2D eigenvalue weighted by Gasteiger charge is -2.31. The maximum absolute atomic E-state index is 14.6. The number of carboxylic acids is 1. The van der Waals surface area contributed by atoms with E-state index in [-0.39, 0.29) is 36.7 Å². The van der Waals surface area contributed by atoms with Gasteiger partial charge in [0.25, 0.3) is 0 Å². The molecule has 1 aromatic heterocycles. The minimum absolute atomic E-state index is 0.0576. The maximum Gasteiger partial charge on any atom is 0.313 e. The Morgan fingerprint density at radius 3 is 2.65 bits per heavy atom. The van der Waals surface area contributed by atoms with E-state index in [4.69, 9.17) is 0 Å². The van der Waals surface area contributed by atoms with Crippen LogP contribution in [0.3, 0.4) is 0 Å². The van der Waals surface area contributed by atoms with Gasteiger partial charge < -0.3 is 14.9 Å². The highest BCUT2D eigenvalue weighted by atomic mass is 19.1. The van der Waals surface area contributed by atoms with E-state index in [1.165, 1.54) is 6.33 Å². The molecule has 1 aromatic rings. The van der Waals surface area contributed by atoms with E-state index >= 15 is 0 Å². The van der Waals surface area contributed by atoms with Crippen LogP contribution in [-0.4, -0.2) is 58.0 Å². The second kappa shape index (κ2) is 6.17. The van der Waals surface area contributed by atoms with Crippen molar-refractivity contribution in [2.24, 2.45) is 17.3 Å². The molecule has 2 saturated heterocycles. The highest BCUT2D eigenvalue weighted by molar-refractivity contribution is 5.84. The zero-order valence-corrected chi connectivity index (χ0v) is 14.8. The quantitative estimate of drug-likeness (QED) is 0.870. The van der Waals surface area contributed by atoms with Crippen LogP contribution in [0.2, 0.25) is 0 Å². The number of aryl methyl sites for hydroxylation is 1. The van der Waals surface area contributed by atoms with Crippen LogP contribution in [0.4, 0.5) is 10.2 Å². The molecule has 1 aliphatic carbocycles. The molecule has 1 amide bonds. The summed E-state index contributed by atoms with van der Waals surface area (Å²) in [6.45, 7) is 2.99. The van der Waals surface area contributed by atoms with Gasteiger partial charge in [0.15, 0.2) is 11.6 Å². The third-order valence-corrected chi connectivity index (χ3v) is 6.28. The number of rotatable bonds is 4. The Labute approximate surface area is 151 Å². The van der Waals surface area contributed by atoms with Gasteiger partial charge in [-0.05, 0) is 19.3 Å². The molecular formula is C18H23FN4O3. The smallest absolute Gasteiger partial charge is 0.313 e. The standard InChI is InChI=1S/C18H23FN4O3/c1-2-13-14(19)15(21-10-20-13)22-6-12-7-23(16(24)11-4-3-5-11)9-18(12,8-22)17(25)26/h10-12H,2-9H2,1H3,(H,25,26)/t12-,18-/m0/s1. The number of carbonyl (C=O) groups is 2. The SMILES string of the molecule is CCc1ncnc(N2C[C@H]3CN(C(=O)C4CCC4)C[C@@]3(C(=O)O)C2)c1F. The fourth-order valence-electron chi connectivity index (χ4n) is 4.47. The van der Waals surface area contributed by atoms with Crippen LogP contribution in [0.5, 0.6) is 0 Å². The molecule has 0 radical (unpaired) electrons. The Bertz CT molecular complexity index is 754. The Hall–Kier alpha value is -2.25. The third-order valence-electron chi connectivity index (χ3n) is 6.28. The summed E-state index contributed by atoms with van der Waals surface area (Å²) in [5, 5.41) is 9.93. The lowest BCUT2D eigenvalue weighted by atomic mass is 9.81. The van der Waals surface area contributed by atoms with Crippen molar-refractivity contribution in [3.8, 4) is 0 Å². The molecule has 0 spiro atoms. The summed E-state index contributed by atoms with van der Waals surface area (Å²) in [5.74, 6) is -1.30. The fraction of sp³-hybridized carbons (Fsp3) is 0.667. The van der Waals surface area contributed by atoms with Crippen LogP contribution in [0.15, 0.2) is 6.33 Å². The Morgan fingerprint density at radius 2 is 2.08 bits per heavy atom. The summed E-state index contributed by atoms with van der Waals surface area (Å²) in [6, 6.07) is 0. The van der Waals surface area contributed by atoms with Gasteiger partial charge >= 0.3 is 5.97 Å². The second-order valence-electron chi connectivity index (χ2n) is 7.70. The number of hydrogen-bond acceptors (Lipinski definition) is 5. The average Bonchev–Trinajstić information content (AvgIpc) is 3.08. The molecule has 26 heavy (non-hydrogen) atoms. The van der Waals surface area contributed by atoms with E-state index in [1.807, 2.05) is 6.92 Å². The number of carboxylic acid groups (broad SMARTS) is 1. The van der Waals surface area contributed by atoms with E-state index < -0.39 is 17.2 Å². The number of fused-ring (bicyclic) bond motifs is 1. The van der Waals surface area contributed by atoms with Crippen molar-refractivity contribution in [3.63, 3.8) is 0 Å². The van der Waals surface area contributed by atoms with Gasteiger partial charge in [-0.1, -0.05) is 13.3 Å². The van der Waals surface area contributed by atoms with E-state index in [0.29, 0.717) is 25.2 Å². The van der Waals surface area contributed by atoms with E-state index in [2.05, 4.69) is 9.97 Å². The molecule has 0 aromatic carbocycles. The number of aliphatic carboxylic acids is 1. The van der Waals surface area contributed by atoms with E-state index in [1.54, 1.807) is 9.80 Å². The largest absolute Gasteiger partial charge is 0.481 e. The van der Waals surface area contributed by atoms with E-state index in [0.717, 1.165) is 19.3 Å². The van der Waals surface area contributed by atoms with Gasteiger partial charge in [-0.15, -0.1) is 0 Å². The number of anilines is 1. The van der Waals surface area contributed by atoms with Crippen LogP contribution < -0.4 is 4.90 Å². The summed E-state index contributed by atoms with van der Waals surface area (Å²) in [7, 11) is 0. The predicted molar refractivity (Wildman–Crippen MR) is 91.1 cm³/mol. The molecule has 2 aliphatic heterocycles. The number of nitrogens with zero attached hydrogens (tertiary/aromatic N) is 4. The zero-order valence-electron chi connectivity index (χ0n) is 14.8. The van der Waals surface area contributed by atoms with Crippen molar-refractivity contribution in [2.45, 2.75) is 32.6 Å². The van der Waals surface area contributed by atoms with E-state index in [9.17, 15) is 19.1 Å². The molecule has 1 saturated carbocycles. The van der Waals surface area contributed by atoms with Crippen LogP contribution >= 0.6 is 0 Å². The van der Waals surface area contributed by atoms with Crippen molar-refractivity contribution in [1.29, 1.82) is 0 Å². The first-order valence-corrected chi connectivity index (χ1v) is 9.22. The normalized spacial score (nSPS) is 28.2. The number of amides is 1. The van der Waals surface area contributed by atoms with Gasteiger partial charge in [-0.3, -0.25) is 9.59 Å². The van der Waals surface area contributed by atoms with Gasteiger partial charge in [-0.25, -0.2) is 14.4 Å². The Morgan fingerprint density at radius 1 is 1.31 bits per heavy atom. The minimum atomic E-state index is -1.05. The number of hydrogen-bond donors (Lipinski definition) is 1. The molecular weight excluding hydrogens is 339 g/mol. The molecule has 7 nitrogen and oxygen atoms in total. The second-order valence-corrected chi connectivity index (χ2v) is 7.70. The van der Waals surface area contributed by atoms with Crippen molar-refractivity contribution in [1.82, 2.24) is 14.9 Å². The van der Waals surface area contributed by atoms with Crippen molar-refractivity contribution >= 4 is 17.7 Å². The highest BCUT2D eigenvalue weighted by Gasteiger charge is 2.59. The molecule has 4 rings (SSSR count). The number of aromatic nitrogens is 2. The van der Waals surface area contributed by atoms with Crippen LogP contribution in [0.25, 0.3) is 0 Å². The first-order chi connectivity index (χ1) is 12.5.